The van der Waals surface area contributed by atoms with E-state index in [2.05, 4.69) is 9.88 Å². The van der Waals surface area contributed by atoms with E-state index < -0.39 is 0 Å². The fourth-order valence-corrected chi connectivity index (χ4v) is 4.54. The molecule has 2 aliphatic rings. The molecule has 0 radical (unpaired) electrons. The number of fused-ring (bicyclic) bond motifs is 3. The van der Waals surface area contributed by atoms with Gasteiger partial charge in [0, 0.05) is 18.0 Å². The van der Waals surface area contributed by atoms with E-state index in [1.54, 1.807) is 11.3 Å². The fraction of sp³-hybridized carbons (Fsp3) is 0.600. The predicted molar refractivity (Wildman–Crippen MR) is 83.0 cm³/mol. The molecule has 0 aromatic carbocycles. The van der Waals surface area contributed by atoms with Crippen LogP contribution in [-0.4, -0.2) is 41.2 Å². The minimum absolute atomic E-state index is 0.0441. The first-order chi connectivity index (χ1) is 10.3. The van der Waals surface area contributed by atoms with E-state index in [1.165, 1.54) is 23.3 Å². The number of rotatable bonds is 2. The van der Waals surface area contributed by atoms with Crippen molar-refractivity contribution in [2.75, 3.05) is 26.3 Å². The summed E-state index contributed by atoms with van der Waals surface area (Å²) < 4.78 is 5.35. The number of ether oxygens (including phenoxy) is 1. The van der Waals surface area contributed by atoms with Crippen LogP contribution in [0, 0.1) is 0 Å². The first-order valence-corrected chi connectivity index (χ1v) is 8.46. The molecule has 21 heavy (non-hydrogen) atoms. The summed E-state index contributed by atoms with van der Waals surface area (Å²) in [5, 5.41) is 0.848. The maximum Gasteiger partial charge on any atom is 0.259 e. The first-order valence-electron chi connectivity index (χ1n) is 7.65. The molecule has 0 saturated carbocycles. The third-order valence-corrected chi connectivity index (χ3v) is 5.54. The lowest BCUT2D eigenvalue weighted by molar-refractivity contribution is 0.0331. The molecule has 2 aromatic heterocycles. The smallest absolute Gasteiger partial charge is 0.259 e. The molecule has 4 rings (SSSR count). The summed E-state index contributed by atoms with van der Waals surface area (Å²) in [5.41, 5.74) is 1.30. The number of nitrogens with zero attached hydrogens (tertiary/aromatic N) is 2. The lowest BCUT2D eigenvalue weighted by Crippen LogP contribution is -2.36. The van der Waals surface area contributed by atoms with Gasteiger partial charge in [-0.2, -0.15) is 0 Å². The average molecular weight is 305 g/mol. The highest BCUT2D eigenvalue weighted by atomic mass is 32.1. The molecule has 3 heterocycles. The molecule has 2 aromatic rings. The SMILES string of the molecule is O=c1[nH]c(CN2CCOCC2)nc2sc3c(c12)CCCC3. The monoisotopic (exact) mass is 305 g/mol. The van der Waals surface area contributed by atoms with E-state index in [0.29, 0.717) is 6.54 Å². The number of nitrogens with one attached hydrogen (secondary N) is 1. The van der Waals surface area contributed by atoms with Crippen molar-refractivity contribution in [1.82, 2.24) is 14.9 Å². The maximum absolute atomic E-state index is 12.4. The van der Waals surface area contributed by atoms with Crippen LogP contribution in [0.4, 0.5) is 0 Å². The van der Waals surface area contributed by atoms with Crippen molar-refractivity contribution in [3.63, 3.8) is 0 Å². The van der Waals surface area contributed by atoms with Crippen molar-refractivity contribution in [2.45, 2.75) is 32.2 Å². The molecule has 1 fully saturated rings. The zero-order chi connectivity index (χ0) is 14.2. The van der Waals surface area contributed by atoms with Gasteiger partial charge in [0.05, 0.1) is 25.1 Å². The van der Waals surface area contributed by atoms with Crippen LogP contribution in [0.5, 0.6) is 0 Å². The van der Waals surface area contributed by atoms with Gasteiger partial charge in [0.2, 0.25) is 0 Å². The van der Waals surface area contributed by atoms with Crippen molar-refractivity contribution in [3.05, 3.63) is 26.6 Å². The van der Waals surface area contributed by atoms with Gasteiger partial charge in [-0.3, -0.25) is 9.69 Å². The number of hydrogen-bond donors (Lipinski definition) is 1. The third-order valence-electron chi connectivity index (χ3n) is 4.35. The summed E-state index contributed by atoms with van der Waals surface area (Å²) in [6.07, 6.45) is 4.56. The van der Waals surface area contributed by atoms with Crippen LogP contribution in [0.25, 0.3) is 10.2 Å². The lowest BCUT2D eigenvalue weighted by Gasteiger charge is -2.25. The molecule has 1 aliphatic heterocycles. The molecule has 5 nitrogen and oxygen atoms in total. The van der Waals surface area contributed by atoms with Crippen molar-refractivity contribution in [3.8, 4) is 0 Å². The molecule has 6 heteroatoms. The molecule has 1 aliphatic carbocycles. The van der Waals surface area contributed by atoms with E-state index in [4.69, 9.17) is 9.72 Å². The molecular weight excluding hydrogens is 286 g/mol. The zero-order valence-corrected chi connectivity index (χ0v) is 12.8. The Labute approximate surface area is 127 Å². The normalized spacial score (nSPS) is 19.8. The largest absolute Gasteiger partial charge is 0.379 e. The van der Waals surface area contributed by atoms with Crippen molar-refractivity contribution >= 4 is 21.6 Å². The van der Waals surface area contributed by atoms with Crippen molar-refractivity contribution < 1.29 is 4.74 Å². The molecule has 0 bridgehead atoms. The Kier molecular flexibility index (Phi) is 3.52. The van der Waals surface area contributed by atoms with Gasteiger partial charge in [-0.05, 0) is 31.2 Å². The van der Waals surface area contributed by atoms with Gasteiger partial charge in [0.15, 0.2) is 0 Å². The Morgan fingerprint density at radius 1 is 1.24 bits per heavy atom. The topological polar surface area (TPSA) is 58.2 Å². The van der Waals surface area contributed by atoms with Gasteiger partial charge in [0.25, 0.3) is 5.56 Å². The summed E-state index contributed by atoms with van der Waals surface area (Å²) in [6, 6.07) is 0. The molecule has 1 saturated heterocycles. The van der Waals surface area contributed by atoms with Crippen LogP contribution < -0.4 is 5.56 Å². The second kappa shape index (κ2) is 5.51. The Balaban J connectivity index is 1.70. The summed E-state index contributed by atoms with van der Waals surface area (Å²) in [4.78, 5) is 24.7. The van der Waals surface area contributed by atoms with E-state index >= 15 is 0 Å². The van der Waals surface area contributed by atoms with E-state index in [0.717, 1.165) is 55.2 Å². The number of hydrogen-bond acceptors (Lipinski definition) is 5. The van der Waals surface area contributed by atoms with Crippen LogP contribution >= 0.6 is 11.3 Å². The lowest BCUT2D eigenvalue weighted by atomic mass is 9.97. The van der Waals surface area contributed by atoms with Crippen molar-refractivity contribution in [1.29, 1.82) is 0 Å². The van der Waals surface area contributed by atoms with Gasteiger partial charge < -0.3 is 9.72 Å². The van der Waals surface area contributed by atoms with E-state index in [1.807, 2.05) is 0 Å². The first kappa shape index (κ1) is 13.4. The number of H-pyrrole nitrogens is 1. The second-order valence-electron chi connectivity index (χ2n) is 5.79. The number of thiophene rings is 1. The Bertz CT molecular complexity index is 716. The highest BCUT2D eigenvalue weighted by Crippen LogP contribution is 2.33. The number of morpholine rings is 1. The van der Waals surface area contributed by atoms with Gasteiger partial charge in [0.1, 0.15) is 10.7 Å². The van der Waals surface area contributed by atoms with Gasteiger partial charge >= 0.3 is 0 Å². The number of aromatic amines is 1. The van der Waals surface area contributed by atoms with Gasteiger partial charge in [-0.1, -0.05) is 0 Å². The second-order valence-corrected chi connectivity index (χ2v) is 6.88. The zero-order valence-electron chi connectivity index (χ0n) is 12.0. The Morgan fingerprint density at radius 2 is 2.05 bits per heavy atom. The van der Waals surface area contributed by atoms with E-state index in [9.17, 15) is 4.79 Å². The average Bonchev–Trinajstić information content (AvgIpc) is 2.87. The predicted octanol–water partition coefficient (Wildman–Crippen LogP) is 1.70. The van der Waals surface area contributed by atoms with Crippen LogP contribution in [-0.2, 0) is 24.1 Å². The third kappa shape index (κ3) is 2.52. The van der Waals surface area contributed by atoms with Crippen LogP contribution in [0.2, 0.25) is 0 Å². The summed E-state index contributed by atoms with van der Waals surface area (Å²) in [6.45, 7) is 4.04. The molecular formula is C15H19N3O2S. The van der Waals surface area contributed by atoms with Gasteiger partial charge in [-0.25, -0.2) is 4.98 Å². The highest BCUT2D eigenvalue weighted by molar-refractivity contribution is 7.18. The quantitative estimate of drug-likeness (QED) is 0.917. The summed E-state index contributed by atoms with van der Waals surface area (Å²) in [7, 11) is 0. The summed E-state index contributed by atoms with van der Waals surface area (Å²) >= 11 is 1.72. The van der Waals surface area contributed by atoms with Crippen LogP contribution in [0.3, 0.4) is 0 Å². The van der Waals surface area contributed by atoms with Crippen molar-refractivity contribution in [2.24, 2.45) is 0 Å². The van der Waals surface area contributed by atoms with Crippen LogP contribution in [0.15, 0.2) is 4.79 Å². The standard InChI is InChI=1S/C15H19N3O2S/c19-14-13-10-3-1-2-4-11(10)21-15(13)17-12(16-14)9-18-5-7-20-8-6-18/h1-9H2,(H,16,17,19). The van der Waals surface area contributed by atoms with Crippen LogP contribution in [0.1, 0.15) is 29.1 Å². The summed E-state index contributed by atoms with van der Waals surface area (Å²) in [5.74, 6) is 0.785. The number of aromatic nitrogens is 2. The Hall–Kier alpha value is -1.24. The molecule has 0 atom stereocenters. The number of aryl methyl sites for hydroxylation is 2. The molecule has 0 unspecified atom stereocenters. The molecule has 112 valence electrons. The minimum atomic E-state index is 0.0441. The molecule has 0 amide bonds. The van der Waals surface area contributed by atoms with Gasteiger partial charge in [-0.15, -0.1) is 11.3 Å². The highest BCUT2D eigenvalue weighted by Gasteiger charge is 2.20. The molecule has 0 spiro atoms. The maximum atomic E-state index is 12.4. The Morgan fingerprint density at radius 3 is 2.90 bits per heavy atom. The molecule has 1 N–H and O–H groups in total. The van der Waals surface area contributed by atoms with E-state index in [-0.39, 0.29) is 5.56 Å². The minimum Gasteiger partial charge on any atom is -0.379 e. The fourth-order valence-electron chi connectivity index (χ4n) is 3.25.